The lowest BCUT2D eigenvalue weighted by molar-refractivity contribution is -0.384. The lowest BCUT2D eigenvalue weighted by atomic mass is 10.1. The van der Waals surface area contributed by atoms with Crippen molar-refractivity contribution in [2.24, 2.45) is 0 Å². The number of carbonyl (C=O) groups excluding carboxylic acids is 1. The number of nitro groups is 1. The zero-order valence-corrected chi connectivity index (χ0v) is 8.91. The first-order chi connectivity index (χ1) is 7.08. The maximum Gasteiger partial charge on any atom is 0.270 e. The van der Waals surface area contributed by atoms with Gasteiger partial charge in [-0.3, -0.25) is 14.9 Å². The van der Waals surface area contributed by atoms with Crippen molar-refractivity contribution in [3.8, 4) is 0 Å². The first kappa shape index (κ1) is 10.2. The summed E-state index contributed by atoms with van der Waals surface area (Å²) in [6, 6.07) is 4.47. The fourth-order valence-electron chi connectivity index (χ4n) is 1.58. The van der Waals surface area contributed by atoms with Gasteiger partial charge in [0, 0.05) is 34.3 Å². The fraction of sp³-hybridized carbons (Fsp3) is 0.300. The summed E-state index contributed by atoms with van der Waals surface area (Å²) in [5.74, 6) is -0.0000463. The zero-order chi connectivity index (χ0) is 11.0. The fourth-order valence-corrected chi connectivity index (χ4v) is 2.70. The van der Waals surface area contributed by atoms with Gasteiger partial charge in [0.25, 0.3) is 5.69 Å². The van der Waals surface area contributed by atoms with Crippen LogP contribution in [0.4, 0.5) is 5.69 Å². The van der Waals surface area contributed by atoms with Crippen LogP contribution in [0.2, 0.25) is 0 Å². The minimum Gasteiger partial charge on any atom is -0.294 e. The number of rotatable bonds is 1. The minimum atomic E-state index is -0.476. The third-order valence-corrected chi connectivity index (χ3v) is 3.45. The first-order valence-electron chi connectivity index (χ1n) is 4.56. The number of fused-ring (bicyclic) bond motifs is 1. The molecule has 78 valence electrons. The second kappa shape index (κ2) is 3.66. The van der Waals surface area contributed by atoms with Crippen LogP contribution in [-0.4, -0.2) is 16.0 Å². The highest BCUT2D eigenvalue weighted by Crippen LogP contribution is 2.36. The van der Waals surface area contributed by atoms with Gasteiger partial charge in [-0.15, -0.1) is 11.8 Å². The molecule has 1 aliphatic heterocycles. The molecule has 1 aromatic carbocycles. The van der Waals surface area contributed by atoms with E-state index in [4.69, 9.17) is 0 Å². The summed E-state index contributed by atoms with van der Waals surface area (Å²) in [6.45, 7) is 1.98. The number of carbonyl (C=O) groups is 1. The van der Waals surface area contributed by atoms with Crippen LogP contribution in [-0.2, 0) is 0 Å². The summed E-state index contributed by atoms with van der Waals surface area (Å²) in [6.07, 6.45) is 0.457. The van der Waals surface area contributed by atoms with Gasteiger partial charge in [0.2, 0.25) is 0 Å². The number of Topliss-reactive ketones (excluding diaryl/α,β-unsaturated/α-hetero) is 1. The van der Waals surface area contributed by atoms with Crippen molar-refractivity contribution in [3.05, 3.63) is 33.9 Å². The van der Waals surface area contributed by atoms with Crippen molar-refractivity contribution in [1.29, 1.82) is 0 Å². The van der Waals surface area contributed by atoms with Crippen molar-refractivity contribution in [3.63, 3.8) is 0 Å². The molecule has 0 aliphatic carbocycles. The molecule has 0 saturated carbocycles. The van der Waals surface area contributed by atoms with E-state index in [1.807, 2.05) is 6.92 Å². The number of thioether (sulfide) groups is 1. The Morgan fingerprint density at radius 3 is 2.93 bits per heavy atom. The molecular formula is C10H9NO3S. The summed E-state index contributed by atoms with van der Waals surface area (Å²) in [4.78, 5) is 22.6. The lowest BCUT2D eigenvalue weighted by Gasteiger charge is -2.19. The van der Waals surface area contributed by atoms with Crippen LogP contribution in [0.1, 0.15) is 23.7 Å². The number of hydrogen-bond acceptors (Lipinski definition) is 4. The highest BCUT2D eigenvalue weighted by atomic mass is 32.2. The number of hydrogen-bond donors (Lipinski definition) is 0. The Morgan fingerprint density at radius 1 is 1.53 bits per heavy atom. The molecule has 1 unspecified atom stereocenters. The largest absolute Gasteiger partial charge is 0.294 e. The third-order valence-electron chi connectivity index (χ3n) is 2.28. The van der Waals surface area contributed by atoms with Crippen LogP contribution in [0.5, 0.6) is 0 Å². The Labute approximate surface area is 90.8 Å². The summed E-state index contributed by atoms with van der Waals surface area (Å²) >= 11 is 1.59. The molecule has 0 fully saturated rings. The predicted molar refractivity (Wildman–Crippen MR) is 57.4 cm³/mol. The molecular weight excluding hydrogens is 214 g/mol. The van der Waals surface area contributed by atoms with Crippen molar-refractivity contribution in [2.45, 2.75) is 23.5 Å². The van der Waals surface area contributed by atoms with Gasteiger partial charge in [-0.05, 0) is 6.07 Å². The van der Waals surface area contributed by atoms with E-state index >= 15 is 0 Å². The van der Waals surface area contributed by atoms with E-state index in [1.165, 1.54) is 12.1 Å². The highest BCUT2D eigenvalue weighted by molar-refractivity contribution is 8.00. The van der Waals surface area contributed by atoms with Crippen molar-refractivity contribution >= 4 is 23.2 Å². The molecule has 0 spiro atoms. The number of benzene rings is 1. The van der Waals surface area contributed by atoms with Crippen LogP contribution in [0.15, 0.2) is 23.1 Å². The molecule has 2 rings (SSSR count). The molecule has 1 heterocycles. The molecule has 1 aromatic rings. The van der Waals surface area contributed by atoms with Gasteiger partial charge in [-0.2, -0.15) is 0 Å². The molecule has 1 aliphatic rings. The van der Waals surface area contributed by atoms with Gasteiger partial charge in [-0.25, -0.2) is 0 Å². The standard InChI is InChI=1S/C10H9NO3S/c1-6-4-9(12)8-5-7(11(13)14)2-3-10(8)15-6/h2-3,5-6H,4H2,1H3. The predicted octanol–water partition coefficient (Wildman–Crippen LogP) is 2.66. The molecule has 0 saturated heterocycles. The summed E-state index contributed by atoms with van der Waals surface area (Å²) in [5.41, 5.74) is 0.476. The molecule has 0 radical (unpaired) electrons. The second-order valence-electron chi connectivity index (χ2n) is 3.49. The van der Waals surface area contributed by atoms with E-state index in [-0.39, 0.29) is 16.7 Å². The van der Waals surface area contributed by atoms with E-state index < -0.39 is 4.92 Å². The van der Waals surface area contributed by atoms with Crippen molar-refractivity contribution < 1.29 is 9.72 Å². The van der Waals surface area contributed by atoms with Gasteiger partial charge in [0.1, 0.15) is 0 Å². The van der Waals surface area contributed by atoms with Gasteiger partial charge in [0.05, 0.1) is 4.92 Å². The van der Waals surface area contributed by atoms with Gasteiger partial charge in [0.15, 0.2) is 5.78 Å². The smallest absolute Gasteiger partial charge is 0.270 e. The van der Waals surface area contributed by atoms with Crippen LogP contribution < -0.4 is 0 Å². The molecule has 0 aromatic heterocycles. The molecule has 0 amide bonds. The zero-order valence-electron chi connectivity index (χ0n) is 8.10. The lowest BCUT2D eigenvalue weighted by Crippen LogP contribution is -2.14. The van der Waals surface area contributed by atoms with Crippen LogP contribution in [0, 0.1) is 10.1 Å². The van der Waals surface area contributed by atoms with Gasteiger partial charge >= 0.3 is 0 Å². The molecule has 15 heavy (non-hydrogen) atoms. The minimum absolute atomic E-state index is 0.0000463. The number of nitro benzene ring substituents is 1. The molecule has 0 bridgehead atoms. The first-order valence-corrected chi connectivity index (χ1v) is 5.44. The maximum absolute atomic E-state index is 11.6. The van der Waals surface area contributed by atoms with Crippen LogP contribution in [0.25, 0.3) is 0 Å². The Hall–Kier alpha value is -1.36. The van der Waals surface area contributed by atoms with Gasteiger partial charge < -0.3 is 0 Å². The topological polar surface area (TPSA) is 60.2 Å². The average molecular weight is 223 g/mol. The third kappa shape index (κ3) is 1.87. The summed E-state index contributed by atoms with van der Waals surface area (Å²) in [5, 5.41) is 10.8. The Morgan fingerprint density at radius 2 is 2.27 bits per heavy atom. The summed E-state index contributed by atoms with van der Waals surface area (Å²) < 4.78 is 0. The van der Waals surface area contributed by atoms with Crippen LogP contribution >= 0.6 is 11.8 Å². The second-order valence-corrected chi connectivity index (χ2v) is 4.97. The van der Waals surface area contributed by atoms with E-state index in [9.17, 15) is 14.9 Å². The van der Waals surface area contributed by atoms with E-state index in [0.29, 0.717) is 12.0 Å². The van der Waals surface area contributed by atoms with E-state index in [2.05, 4.69) is 0 Å². The Balaban J connectivity index is 2.48. The molecule has 0 N–H and O–H groups in total. The van der Waals surface area contributed by atoms with Crippen molar-refractivity contribution in [2.75, 3.05) is 0 Å². The highest BCUT2D eigenvalue weighted by Gasteiger charge is 2.24. The average Bonchev–Trinajstić information content (AvgIpc) is 2.16. The Kier molecular flexibility index (Phi) is 2.48. The molecule has 4 nitrogen and oxygen atoms in total. The number of ketones is 1. The van der Waals surface area contributed by atoms with E-state index in [1.54, 1.807) is 17.8 Å². The normalized spacial score (nSPS) is 19.8. The summed E-state index contributed by atoms with van der Waals surface area (Å²) in [7, 11) is 0. The molecule has 1 atom stereocenters. The number of non-ortho nitro benzene ring substituents is 1. The van der Waals surface area contributed by atoms with Gasteiger partial charge in [-0.1, -0.05) is 6.92 Å². The quantitative estimate of drug-likeness (QED) is 0.542. The molecule has 5 heteroatoms. The van der Waals surface area contributed by atoms with Crippen molar-refractivity contribution in [1.82, 2.24) is 0 Å². The monoisotopic (exact) mass is 223 g/mol. The number of nitrogens with zero attached hydrogens (tertiary/aromatic N) is 1. The van der Waals surface area contributed by atoms with Crippen LogP contribution in [0.3, 0.4) is 0 Å². The SMILES string of the molecule is CC1CC(=O)c2cc([N+](=O)[O-])ccc2S1. The Bertz CT molecular complexity index is 444. The maximum atomic E-state index is 11.6. The van der Waals surface area contributed by atoms with E-state index in [0.717, 1.165) is 4.90 Å².